The summed E-state index contributed by atoms with van der Waals surface area (Å²) in [7, 11) is 0. The Labute approximate surface area is 171 Å². The molecule has 0 amide bonds. The monoisotopic (exact) mass is 395 g/mol. The van der Waals surface area contributed by atoms with E-state index in [2.05, 4.69) is 29.7 Å². The predicted molar refractivity (Wildman–Crippen MR) is 116 cm³/mol. The molecule has 2 aromatic carbocycles. The van der Waals surface area contributed by atoms with E-state index in [1.54, 1.807) is 0 Å². The van der Waals surface area contributed by atoms with Gasteiger partial charge < -0.3 is 15.7 Å². The number of rotatable bonds is 5. The van der Waals surface area contributed by atoms with Crippen LogP contribution in [0.25, 0.3) is 10.9 Å². The summed E-state index contributed by atoms with van der Waals surface area (Å²) < 4.78 is 0. The van der Waals surface area contributed by atoms with Gasteiger partial charge in [0.05, 0.1) is 11.6 Å². The number of anilines is 2. The van der Waals surface area contributed by atoms with E-state index >= 15 is 0 Å². The van der Waals surface area contributed by atoms with E-state index in [1.165, 1.54) is 12.8 Å². The minimum atomic E-state index is -0.534. The first-order chi connectivity index (χ1) is 13.6. The molecular weight excluding hydrogens is 370 g/mol. The van der Waals surface area contributed by atoms with Crippen LogP contribution >= 0.6 is 11.6 Å². The van der Waals surface area contributed by atoms with Crippen molar-refractivity contribution in [2.75, 3.05) is 11.9 Å². The summed E-state index contributed by atoms with van der Waals surface area (Å²) in [5.74, 6) is 0.726. The zero-order valence-electron chi connectivity index (χ0n) is 16.1. The second-order valence-electron chi connectivity index (χ2n) is 7.65. The predicted octanol–water partition coefficient (Wildman–Crippen LogP) is 5.51. The third-order valence-corrected chi connectivity index (χ3v) is 5.64. The van der Waals surface area contributed by atoms with Crippen LogP contribution in [0.3, 0.4) is 0 Å². The highest BCUT2D eigenvalue weighted by atomic mass is 35.5. The number of aromatic nitrogens is 1. The lowest BCUT2D eigenvalue weighted by Gasteiger charge is -2.26. The van der Waals surface area contributed by atoms with E-state index in [9.17, 15) is 5.11 Å². The van der Waals surface area contributed by atoms with Crippen LogP contribution in [0.5, 0.6) is 0 Å². The van der Waals surface area contributed by atoms with Crippen molar-refractivity contribution in [3.05, 3.63) is 64.7 Å². The molecule has 0 bridgehead atoms. The first-order valence-corrected chi connectivity index (χ1v) is 10.3. The highest BCUT2D eigenvalue weighted by molar-refractivity contribution is 6.30. The molecule has 1 fully saturated rings. The van der Waals surface area contributed by atoms with Crippen molar-refractivity contribution in [3.8, 4) is 0 Å². The average molecular weight is 396 g/mol. The Kier molecular flexibility index (Phi) is 5.81. The molecular formula is C23H26ClN3O. The van der Waals surface area contributed by atoms with Gasteiger partial charge >= 0.3 is 0 Å². The molecule has 0 saturated carbocycles. The maximum absolute atomic E-state index is 11.1. The fourth-order valence-electron chi connectivity index (χ4n) is 3.91. The third-order valence-electron chi connectivity index (χ3n) is 5.39. The Morgan fingerprint density at radius 3 is 2.75 bits per heavy atom. The maximum Gasteiger partial charge on any atom is 0.131 e. The van der Waals surface area contributed by atoms with Crippen molar-refractivity contribution < 1.29 is 5.11 Å². The third kappa shape index (κ3) is 4.46. The Morgan fingerprint density at radius 2 is 2.00 bits per heavy atom. The molecule has 1 saturated heterocycles. The lowest BCUT2D eigenvalue weighted by atomic mass is 9.93. The van der Waals surface area contributed by atoms with Gasteiger partial charge in [-0.25, -0.2) is 4.98 Å². The zero-order valence-corrected chi connectivity index (χ0v) is 16.8. The summed E-state index contributed by atoms with van der Waals surface area (Å²) in [6.45, 7) is 3.11. The van der Waals surface area contributed by atoms with Crippen molar-refractivity contribution in [1.29, 1.82) is 0 Å². The van der Waals surface area contributed by atoms with E-state index in [1.807, 2.05) is 36.4 Å². The van der Waals surface area contributed by atoms with Gasteiger partial charge in [0.1, 0.15) is 5.82 Å². The van der Waals surface area contributed by atoms with Gasteiger partial charge in [0.15, 0.2) is 0 Å². The average Bonchev–Trinajstić information content (AvgIpc) is 2.70. The van der Waals surface area contributed by atoms with Crippen LogP contribution in [0, 0.1) is 6.92 Å². The summed E-state index contributed by atoms with van der Waals surface area (Å²) in [4.78, 5) is 4.75. The molecule has 0 radical (unpaired) electrons. The molecule has 2 atom stereocenters. The molecule has 5 heteroatoms. The first kappa shape index (κ1) is 19.2. The lowest BCUT2D eigenvalue weighted by molar-refractivity contribution is 0.146. The molecule has 2 unspecified atom stereocenters. The van der Waals surface area contributed by atoms with E-state index in [-0.39, 0.29) is 0 Å². The highest BCUT2D eigenvalue weighted by Gasteiger charge is 2.20. The number of aryl methyl sites for hydroxylation is 1. The summed E-state index contributed by atoms with van der Waals surface area (Å²) in [6, 6.07) is 16.1. The number of fused-ring (bicyclic) bond motifs is 1. The fraction of sp³-hybridized carbons (Fsp3) is 0.348. The van der Waals surface area contributed by atoms with Gasteiger partial charge in [-0.2, -0.15) is 0 Å². The number of aliphatic hydroxyl groups is 1. The van der Waals surface area contributed by atoms with Crippen molar-refractivity contribution in [3.63, 3.8) is 0 Å². The van der Waals surface area contributed by atoms with Crippen LogP contribution in [0.4, 0.5) is 11.5 Å². The number of aliphatic hydroxyl groups excluding tert-OH is 1. The second kappa shape index (κ2) is 8.48. The molecule has 1 aromatic heterocycles. The standard InChI is InChI=1S/C23H26ClN3O/c1-15-5-10-21-19(12-15)20(22(28)13-18-4-2-3-11-25-18)14-23(27-21)26-17-8-6-16(24)7-9-17/h5-10,12,14,18,22,25,28H,2-4,11,13H2,1H3,(H,26,27). The normalized spacial score (nSPS) is 18.2. The molecule has 1 aliphatic heterocycles. The van der Waals surface area contributed by atoms with E-state index in [4.69, 9.17) is 16.6 Å². The second-order valence-corrected chi connectivity index (χ2v) is 8.08. The van der Waals surface area contributed by atoms with Gasteiger partial charge in [-0.1, -0.05) is 29.7 Å². The van der Waals surface area contributed by atoms with Crippen LogP contribution in [0.2, 0.25) is 5.02 Å². The number of pyridine rings is 1. The number of nitrogens with one attached hydrogen (secondary N) is 2. The largest absolute Gasteiger partial charge is 0.388 e. The Balaban J connectivity index is 1.67. The molecule has 4 rings (SSSR count). The van der Waals surface area contributed by atoms with Crippen LogP contribution < -0.4 is 10.6 Å². The van der Waals surface area contributed by atoms with E-state index in [0.717, 1.165) is 46.5 Å². The van der Waals surface area contributed by atoms with Gasteiger partial charge in [-0.3, -0.25) is 0 Å². The fourth-order valence-corrected chi connectivity index (χ4v) is 4.03. The van der Waals surface area contributed by atoms with Crippen LogP contribution in [-0.2, 0) is 0 Å². The molecule has 146 valence electrons. The van der Waals surface area contributed by atoms with Crippen molar-refractivity contribution in [2.24, 2.45) is 0 Å². The number of hydrogen-bond donors (Lipinski definition) is 3. The van der Waals surface area contributed by atoms with E-state index < -0.39 is 6.10 Å². The molecule has 4 nitrogen and oxygen atoms in total. The topological polar surface area (TPSA) is 57.2 Å². The SMILES string of the molecule is Cc1ccc2nc(Nc3ccc(Cl)cc3)cc(C(O)CC3CCCCN3)c2c1. The first-order valence-electron chi connectivity index (χ1n) is 9.94. The van der Waals surface area contributed by atoms with Crippen molar-refractivity contribution in [1.82, 2.24) is 10.3 Å². The number of hydrogen-bond acceptors (Lipinski definition) is 4. The molecule has 28 heavy (non-hydrogen) atoms. The van der Waals surface area contributed by atoms with Crippen LogP contribution in [-0.4, -0.2) is 22.7 Å². The molecule has 1 aliphatic rings. The minimum Gasteiger partial charge on any atom is -0.388 e. The molecule has 3 aromatic rings. The van der Waals surface area contributed by atoms with Crippen LogP contribution in [0.15, 0.2) is 48.5 Å². The highest BCUT2D eigenvalue weighted by Crippen LogP contribution is 2.31. The Hall–Kier alpha value is -2.14. The summed E-state index contributed by atoms with van der Waals surface area (Å²) in [5, 5.41) is 19.7. The van der Waals surface area contributed by atoms with Crippen LogP contribution in [0.1, 0.15) is 42.9 Å². The molecule has 2 heterocycles. The Bertz CT molecular complexity index is 952. The number of halogens is 1. The molecule has 0 spiro atoms. The lowest BCUT2D eigenvalue weighted by Crippen LogP contribution is -2.35. The molecule has 3 N–H and O–H groups in total. The number of nitrogens with zero attached hydrogens (tertiary/aromatic N) is 1. The van der Waals surface area contributed by atoms with Crippen molar-refractivity contribution in [2.45, 2.75) is 44.8 Å². The van der Waals surface area contributed by atoms with Gasteiger partial charge in [0, 0.05) is 22.1 Å². The zero-order chi connectivity index (χ0) is 19.5. The smallest absolute Gasteiger partial charge is 0.131 e. The van der Waals surface area contributed by atoms with Gasteiger partial charge in [-0.15, -0.1) is 0 Å². The number of benzene rings is 2. The summed E-state index contributed by atoms with van der Waals surface area (Å²) in [5.41, 5.74) is 3.89. The minimum absolute atomic E-state index is 0.365. The van der Waals surface area contributed by atoms with Gasteiger partial charge in [-0.05, 0) is 80.8 Å². The maximum atomic E-state index is 11.1. The summed E-state index contributed by atoms with van der Waals surface area (Å²) in [6.07, 6.45) is 3.75. The molecule has 0 aliphatic carbocycles. The van der Waals surface area contributed by atoms with E-state index in [0.29, 0.717) is 17.5 Å². The van der Waals surface area contributed by atoms with Crippen molar-refractivity contribution >= 4 is 34.0 Å². The quantitative estimate of drug-likeness (QED) is 0.533. The van der Waals surface area contributed by atoms with Gasteiger partial charge in [0.25, 0.3) is 0 Å². The Morgan fingerprint density at radius 1 is 1.18 bits per heavy atom. The number of piperidine rings is 1. The van der Waals surface area contributed by atoms with Gasteiger partial charge in [0.2, 0.25) is 0 Å². The summed E-state index contributed by atoms with van der Waals surface area (Å²) >= 11 is 5.98.